The van der Waals surface area contributed by atoms with Gasteiger partial charge in [0.25, 0.3) is 5.91 Å². The van der Waals surface area contributed by atoms with Crippen molar-refractivity contribution in [2.24, 2.45) is 0 Å². The van der Waals surface area contributed by atoms with Crippen molar-refractivity contribution in [2.75, 3.05) is 19.4 Å². The third-order valence-electron chi connectivity index (χ3n) is 2.54. The first-order valence-corrected chi connectivity index (χ1v) is 6.40. The quantitative estimate of drug-likeness (QED) is 0.637. The van der Waals surface area contributed by atoms with E-state index in [1.54, 1.807) is 6.92 Å². The van der Waals surface area contributed by atoms with E-state index in [-0.39, 0.29) is 27.9 Å². The van der Waals surface area contributed by atoms with Crippen molar-refractivity contribution in [3.05, 3.63) is 22.7 Å². The summed E-state index contributed by atoms with van der Waals surface area (Å²) in [4.78, 5) is 23.5. The molecule has 0 saturated heterocycles. The molecule has 110 valence electrons. The number of amides is 1. The molecule has 0 saturated carbocycles. The van der Waals surface area contributed by atoms with E-state index in [4.69, 9.17) is 26.8 Å². The number of anilines is 1. The second kappa shape index (κ2) is 7.00. The number of nitrogen functional groups attached to an aromatic ring is 1. The highest BCUT2D eigenvalue weighted by Crippen LogP contribution is 2.29. The summed E-state index contributed by atoms with van der Waals surface area (Å²) in [5.74, 6) is -0.844. The van der Waals surface area contributed by atoms with Gasteiger partial charge in [-0.1, -0.05) is 11.6 Å². The van der Waals surface area contributed by atoms with Crippen molar-refractivity contribution in [1.29, 1.82) is 0 Å². The SMILES string of the molecule is CCNC(=O)[C@@H](C)OC(=O)c1cc(Cl)c(N)cc1OC. The first-order valence-electron chi connectivity index (χ1n) is 6.02. The van der Waals surface area contributed by atoms with Crippen LogP contribution in [-0.4, -0.2) is 31.6 Å². The Morgan fingerprint density at radius 3 is 2.65 bits per heavy atom. The number of benzene rings is 1. The maximum absolute atomic E-state index is 12.0. The van der Waals surface area contributed by atoms with Gasteiger partial charge in [-0.3, -0.25) is 4.79 Å². The highest BCUT2D eigenvalue weighted by atomic mass is 35.5. The van der Waals surface area contributed by atoms with Crippen LogP contribution in [0.4, 0.5) is 5.69 Å². The lowest BCUT2D eigenvalue weighted by Gasteiger charge is -2.14. The number of methoxy groups -OCH3 is 1. The molecule has 0 aromatic heterocycles. The molecule has 3 N–H and O–H groups in total. The summed E-state index contributed by atoms with van der Waals surface area (Å²) in [6, 6.07) is 2.78. The van der Waals surface area contributed by atoms with Gasteiger partial charge in [0.2, 0.25) is 0 Å². The maximum atomic E-state index is 12.0. The van der Waals surface area contributed by atoms with Gasteiger partial charge >= 0.3 is 5.97 Å². The summed E-state index contributed by atoms with van der Waals surface area (Å²) in [7, 11) is 1.40. The van der Waals surface area contributed by atoms with Gasteiger partial charge in [0.1, 0.15) is 11.3 Å². The van der Waals surface area contributed by atoms with Gasteiger partial charge in [-0.15, -0.1) is 0 Å². The standard InChI is InChI=1S/C13H17ClN2O4/c1-4-16-12(17)7(2)20-13(18)8-5-9(14)10(15)6-11(8)19-3/h5-7H,4,15H2,1-3H3,(H,16,17)/t7-/m1/s1. The summed E-state index contributed by atoms with van der Waals surface area (Å²) in [6.07, 6.45) is -0.913. The summed E-state index contributed by atoms with van der Waals surface area (Å²) in [6.45, 7) is 3.71. The molecule has 7 heteroatoms. The van der Waals surface area contributed by atoms with E-state index < -0.39 is 12.1 Å². The molecule has 20 heavy (non-hydrogen) atoms. The second-order valence-corrected chi connectivity index (χ2v) is 4.42. The average molecular weight is 301 g/mol. The van der Waals surface area contributed by atoms with Crippen LogP contribution in [0.5, 0.6) is 5.75 Å². The number of esters is 1. The molecule has 6 nitrogen and oxygen atoms in total. The topological polar surface area (TPSA) is 90.7 Å². The molecule has 0 aliphatic heterocycles. The van der Waals surface area contributed by atoms with Crippen LogP contribution in [0, 0.1) is 0 Å². The molecule has 0 unspecified atom stereocenters. The van der Waals surface area contributed by atoms with E-state index in [9.17, 15) is 9.59 Å². The Bertz CT molecular complexity index is 519. The molecule has 1 aromatic rings. The maximum Gasteiger partial charge on any atom is 0.342 e. The van der Waals surface area contributed by atoms with E-state index in [1.807, 2.05) is 0 Å². The highest BCUT2D eigenvalue weighted by Gasteiger charge is 2.22. The lowest BCUT2D eigenvalue weighted by atomic mass is 10.2. The number of carbonyl (C=O) groups excluding carboxylic acids is 2. The van der Waals surface area contributed by atoms with E-state index in [0.717, 1.165) is 0 Å². The fraction of sp³-hybridized carbons (Fsp3) is 0.385. The first kappa shape index (κ1) is 16.1. The minimum atomic E-state index is -0.913. The minimum absolute atomic E-state index is 0.114. The van der Waals surface area contributed by atoms with Crippen LogP contribution in [-0.2, 0) is 9.53 Å². The number of halogens is 1. The minimum Gasteiger partial charge on any atom is -0.496 e. The van der Waals surface area contributed by atoms with Crippen molar-refractivity contribution in [3.63, 3.8) is 0 Å². The van der Waals surface area contributed by atoms with Gasteiger partial charge in [0, 0.05) is 12.6 Å². The fourth-order valence-corrected chi connectivity index (χ4v) is 1.66. The third kappa shape index (κ3) is 3.77. The summed E-state index contributed by atoms with van der Waals surface area (Å²) < 4.78 is 10.1. The van der Waals surface area contributed by atoms with Crippen molar-refractivity contribution in [2.45, 2.75) is 20.0 Å². The van der Waals surface area contributed by atoms with Crippen LogP contribution in [0.2, 0.25) is 5.02 Å². The molecule has 0 fully saturated rings. The number of nitrogens with two attached hydrogens (primary N) is 1. The van der Waals surface area contributed by atoms with Crippen molar-refractivity contribution in [3.8, 4) is 5.75 Å². The number of rotatable bonds is 5. The zero-order chi connectivity index (χ0) is 15.3. The van der Waals surface area contributed by atoms with Gasteiger partial charge in [0.15, 0.2) is 6.10 Å². The van der Waals surface area contributed by atoms with Crippen LogP contribution in [0.25, 0.3) is 0 Å². The molecule has 0 bridgehead atoms. The zero-order valence-electron chi connectivity index (χ0n) is 11.5. The summed E-state index contributed by atoms with van der Waals surface area (Å²) >= 11 is 5.87. The Morgan fingerprint density at radius 1 is 1.45 bits per heavy atom. The van der Waals surface area contributed by atoms with Crippen LogP contribution >= 0.6 is 11.6 Å². The molecule has 0 aliphatic rings. The van der Waals surface area contributed by atoms with E-state index in [0.29, 0.717) is 6.54 Å². The van der Waals surface area contributed by atoms with Gasteiger partial charge in [-0.25, -0.2) is 4.79 Å². The number of carbonyl (C=O) groups is 2. The Kier molecular flexibility index (Phi) is 5.64. The van der Waals surface area contributed by atoms with Crippen LogP contribution in [0.3, 0.4) is 0 Å². The summed E-state index contributed by atoms with van der Waals surface area (Å²) in [5, 5.41) is 2.77. The number of hydrogen-bond acceptors (Lipinski definition) is 5. The number of nitrogens with one attached hydrogen (secondary N) is 1. The number of likely N-dealkylation sites (N-methyl/N-ethyl adjacent to an activating group) is 1. The third-order valence-corrected chi connectivity index (χ3v) is 2.87. The first-order chi connectivity index (χ1) is 9.40. The molecule has 0 spiro atoms. The highest BCUT2D eigenvalue weighted by molar-refractivity contribution is 6.33. The lowest BCUT2D eigenvalue weighted by Crippen LogP contribution is -2.35. The molecule has 1 atom stereocenters. The smallest absolute Gasteiger partial charge is 0.342 e. The molecular formula is C13H17ClN2O4. The second-order valence-electron chi connectivity index (χ2n) is 4.02. The Labute approximate surface area is 122 Å². The Morgan fingerprint density at radius 2 is 2.10 bits per heavy atom. The monoisotopic (exact) mass is 300 g/mol. The largest absolute Gasteiger partial charge is 0.496 e. The van der Waals surface area contributed by atoms with E-state index in [1.165, 1.54) is 26.2 Å². The molecule has 1 rings (SSSR count). The predicted octanol–water partition coefficient (Wildman–Crippen LogP) is 1.61. The Hall–Kier alpha value is -1.95. The van der Waals surface area contributed by atoms with Crippen molar-refractivity contribution >= 4 is 29.2 Å². The van der Waals surface area contributed by atoms with Crippen LogP contribution in [0.1, 0.15) is 24.2 Å². The normalized spacial score (nSPS) is 11.6. The zero-order valence-corrected chi connectivity index (χ0v) is 12.3. The number of hydrogen-bond donors (Lipinski definition) is 2. The van der Waals surface area contributed by atoms with Crippen LogP contribution in [0.15, 0.2) is 12.1 Å². The van der Waals surface area contributed by atoms with Gasteiger partial charge < -0.3 is 20.5 Å². The molecule has 1 amide bonds. The molecule has 1 aromatic carbocycles. The van der Waals surface area contributed by atoms with Gasteiger partial charge in [-0.2, -0.15) is 0 Å². The lowest BCUT2D eigenvalue weighted by molar-refractivity contribution is -0.128. The van der Waals surface area contributed by atoms with Crippen molar-refractivity contribution < 1.29 is 19.1 Å². The average Bonchev–Trinajstić information content (AvgIpc) is 2.41. The molecular weight excluding hydrogens is 284 g/mol. The molecule has 0 radical (unpaired) electrons. The van der Waals surface area contributed by atoms with Gasteiger partial charge in [-0.05, 0) is 19.9 Å². The fourth-order valence-electron chi connectivity index (χ4n) is 1.49. The molecule has 0 aliphatic carbocycles. The van der Waals surface area contributed by atoms with E-state index in [2.05, 4.69) is 5.32 Å². The number of ether oxygens (including phenoxy) is 2. The molecule has 0 heterocycles. The predicted molar refractivity (Wildman–Crippen MR) is 76.0 cm³/mol. The van der Waals surface area contributed by atoms with E-state index >= 15 is 0 Å². The van der Waals surface area contributed by atoms with Crippen LogP contribution < -0.4 is 15.8 Å². The summed E-state index contributed by atoms with van der Waals surface area (Å²) in [5.41, 5.74) is 6.03. The van der Waals surface area contributed by atoms with Gasteiger partial charge in [0.05, 0.1) is 17.8 Å². The van der Waals surface area contributed by atoms with Crippen molar-refractivity contribution in [1.82, 2.24) is 5.32 Å². The Balaban J connectivity index is 2.92.